The molecule has 0 fully saturated rings. The third-order valence-corrected chi connectivity index (χ3v) is 6.11. The number of para-hydroxylation sites is 1. The molecule has 2 aromatic carbocycles. The lowest BCUT2D eigenvalue weighted by molar-refractivity contribution is -0.146. The van der Waals surface area contributed by atoms with Crippen LogP contribution in [0.1, 0.15) is 18.9 Å². The van der Waals surface area contributed by atoms with Gasteiger partial charge in [-0.05, 0) is 37.5 Å². The molecule has 9 heteroatoms. The Bertz CT molecular complexity index is 928. The standard InChI is InChI=1S/C23H26N2O5S.ClH/c1-2-30-23(29)17(13-12-16-8-4-3-5-9-16)24-18-15-31-20-11-7-6-10-19(20)25(22(18)28)14-21(26)27;/h3-11,17-18,24H,2,12-15H2,1H3,(H,26,27);1H/t17-,18?;/m1./s1. The SMILES string of the molecule is CCOC(=O)[C@@H](CCc1ccccc1)NC1CSc2ccccc2N(CC(=O)O)C1=O.Cl. The Morgan fingerprint density at radius 3 is 2.56 bits per heavy atom. The number of ether oxygens (including phenoxy) is 1. The first kappa shape index (κ1) is 25.7. The van der Waals surface area contributed by atoms with Gasteiger partial charge >= 0.3 is 11.9 Å². The van der Waals surface area contributed by atoms with E-state index in [-0.39, 0.29) is 24.9 Å². The summed E-state index contributed by atoms with van der Waals surface area (Å²) in [6.45, 7) is 1.54. The van der Waals surface area contributed by atoms with E-state index in [1.807, 2.05) is 42.5 Å². The molecule has 0 spiro atoms. The molecule has 0 aliphatic carbocycles. The number of carboxylic acids is 1. The van der Waals surface area contributed by atoms with Crippen molar-refractivity contribution in [2.45, 2.75) is 36.7 Å². The molecule has 0 saturated heterocycles. The van der Waals surface area contributed by atoms with E-state index >= 15 is 0 Å². The number of thioether (sulfide) groups is 1. The third kappa shape index (κ3) is 6.72. The molecule has 1 amide bonds. The zero-order chi connectivity index (χ0) is 22.2. The summed E-state index contributed by atoms with van der Waals surface area (Å²) in [5.74, 6) is -1.50. The maximum absolute atomic E-state index is 13.3. The van der Waals surface area contributed by atoms with Gasteiger partial charge in [-0.15, -0.1) is 24.2 Å². The molecule has 2 N–H and O–H groups in total. The van der Waals surface area contributed by atoms with Crippen LogP contribution in [0.3, 0.4) is 0 Å². The van der Waals surface area contributed by atoms with Crippen LogP contribution >= 0.6 is 24.2 Å². The quantitative estimate of drug-likeness (QED) is 0.534. The van der Waals surface area contributed by atoms with E-state index in [0.29, 0.717) is 24.3 Å². The minimum atomic E-state index is -1.10. The van der Waals surface area contributed by atoms with Gasteiger partial charge in [-0.3, -0.25) is 24.6 Å². The summed E-state index contributed by atoms with van der Waals surface area (Å²) in [6, 6.07) is 15.6. The number of nitrogens with zero attached hydrogens (tertiary/aromatic N) is 1. The highest BCUT2D eigenvalue weighted by molar-refractivity contribution is 7.99. The predicted octanol–water partition coefficient (Wildman–Crippen LogP) is 3.15. The van der Waals surface area contributed by atoms with E-state index in [4.69, 9.17) is 4.74 Å². The minimum absolute atomic E-state index is 0. The lowest BCUT2D eigenvalue weighted by atomic mass is 10.0. The molecule has 1 aliphatic rings. The highest BCUT2D eigenvalue weighted by Crippen LogP contribution is 2.34. The number of hydrogen-bond donors (Lipinski definition) is 2. The molecular formula is C23H27ClN2O5S. The van der Waals surface area contributed by atoms with E-state index in [1.54, 1.807) is 19.1 Å². The maximum atomic E-state index is 13.3. The lowest BCUT2D eigenvalue weighted by Crippen LogP contribution is -2.54. The minimum Gasteiger partial charge on any atom is -0.480 e. The monoisotopic (exact) mass is 478 g/mol. The van der Waals surface area contributed by atoms with Crippen LogP contribution in [0.2, 0.25) is 0 Å². The second-order valence-corrected chi connectivity index (χ2v) is 8.21. The number of halogens is 1. The molecule has 2 atom stereocenters. The molecule has 0 saturated carbocycles. The normalized spacial score (nSPS) is 16.3. The smallest absolute Gasteiger partial charge is 0.323 e. The Kier molecular flexibility index (Phi) is 10.0. The highest BCUT2D eigenvalue weighted by atomic mass is 35.5. The van der Waals surface area contributed by atoms with E-state index in [9.17, 15) is 19.5 Å². The molecule has 3 rings (SSSR count). The number of hydrogen-bond acceptors (Lipinski definition) is 6. The molecule has 1 unspecified atom stereocenters. The van der Waals surface area contributed by atoms with Crippen LogP contribution in [-0.2, 0) is 25.5 Å². The Hall–Kier alpha value is -2.55. The van der Waals surface area contributed by atoms with Gasteiger partial charge in [0.15, 0.2) is 0 Å². The van der Waals surface area contributed by atoms with Crippen LogP contribution in [0.4, 0.5) is 5.69 Å². The number of carbonyl (C=O) groups is 3. The summed E-state index contributed by atoms with van der Waals surface area (Å²) in [5.41, 5.74) is 1.65. The van der Waals surface area contributed by atoms with Crippen molar-refractivity contribution in [1.82, 2.24) is 5.32 Å². The van der Waals surface area contributed by atoms with Crippen molar-refractivity contribution in [3.8, 4) is 0 Å². The van der Waals surface area contributed by atoms with Gasteiger partial charge in [-0.25, -0.2) is 0 Å². The zero-order valence-corrected chi connectivity index (χ0v) is 19.4. The summed E-state index contributed by atoms with van der Waals surface area (Å²) < 4.78 is 5.23. The van der Waals surface area contributed by atoms with Gasteiger partial charge in [0.25, 0.3) is 0 Å². The Morgan fingerprint density at radius 2 is 1.88 bits per heavy atom. The number of rotatable bonds is 9. The largest absolute Gasteiger partial charge is 0.480 e. The first-order valence-electron chi connectivity index (χ1n) is 10.2. The van der Waals surface area contributed by atoms with Crippen LogP contribution in [0.5, 0.6) is 0 Å². The number of amides is 1. The van der Waals surface area contributed by atoms with Crippen molar-refractivity contribution in [2.24, 2.45) is 0 Å². The van der Waals surface area contributed by atoms with Crippen molar-refractivity contribution < 1.29 is 24.2 Å². The van der Waals surface area contributed by atoms with Crippen molar-refractivity contribution in [2.75, 3.05) is 23.8 Å². The van der Waals surface area contributed by atoms with Gasteiger partial charge in [-0.2, -0.15) is 0 Å². The number of aryl methyl sites for hydroxylation is 1. The average Bonchev–Trinajstić information content (AvgIpc) is 2.89. The molecule has 0 aromatic heterocycles. The molecule has 1 aliphatic heterocycles. The molecule has 0 bridgehead atoms. The van der Waals surface area contributed by atoms with Crippen molar-refractivity contribution in [3.63, 3.8) is 0 Å². The number of fused-ring (bicyclic) bond motifs is 1. The zero-order valence-electron chi connectivity index (χ0n) is 17.7. The van der Waals surface area contributed by atoms with E-state index in [1.165, 1.54) is 16.7 Å². The number of carboxylic acid groups (broad SMARTS) is 1. The maximum Gasteiger partial charge on any atom is 0.323 e. The van der Waals surface area contributed by atoms with Crippen LogP contribution in [0.25, 0.3) is 0 Å². The second kappa shape index (κ2) is 12.5. The molecule has 32 heavy (non-hydrogen) atoms. The third-order valence-electron chi connectivity index (χ3n) is 4.96. The first-order valence-corrected chi connectivity index (χ1v) is 11.2. The van der Waals surface area contributed by atoms with Gasteiger partial charge in [0.05, 0.1) is 18.3 Å². The van der Waals surface area contributed by atoms with E-state index < -0.39 is 30.6 Å². The second-order valence-electron chi connectivity index (χ2n) is 7.15. The number of anilines is 1. The fraction of sp³-hybridized carbons (Fsp3) is 0.348. The fourth-order valence-electron chi connectivity index (χ4n) is 3.48. The van der Waals surface area contributed by atoms with E-state index in [2.05, 4.69) is 5.32 Å². The molecule has 0 radical (unpaired) electrons. The van der Waals surface area contributed by atoms with Crippen molar-refractivity contribution in [3.05, 3.63) is 60.2 Å². The van der Waals surface area contributed by atoms with Gasteiger partial charge in [0, 0.05) is 10.6 Å². The number of aliphatic carboxylic acids is 1. The topological polar surface area (TPSA) is 95.9 Å². The van der Waals surface area contributed by atoms with Crippen LogP contribution in [0, 0.1) is 0 Å². The van der Waals surface area contributed by atoms with Crippen LogP contribution < -0.4 is 10.2 Å². The molecular weight excluding hydrogens is 452 g/mol. The fourth-order valence-corrected chi connectivity index (χ4v) is 4.57. The predicted molar refractivity (Wildman–Crippen MR) is 127 cm³/mol. The Balaban J connectivity index is 0.00000363. The number of esters is 1. The Morgan fingerprint density at radius 1 is 1.19 bits per heavy atom. The van der Waals surface area contributed by atoms with Gasteiger partial charge in [0.1, 0.15) is 12.6 Å². The van der Waals surface area contributed by atoms with E-state index in [0.717, 1.165) is 10.5 Å². The van der Waals surface area contributed by atoms with Gasteiger partial charge in [0.2, 0.25) is 5.91 Å². The molecule has 2 aromatic rings. The summed E-state index contributed by atoms with van der Waals surface area (Å²) >= 11 is 1.46. The van der Waals surface area contributed by atoms with Crippen LogP contribution in [-0.4, -0.2) is 53.9 Å². The first-order chi connectivity index (χ1) is 15.0. The van der Waals surface area contributed by atoms with Gasteiger partial charge < -0.3 is 9.84 Å². The lowest BCUT2D eigenvalue weighted by Gasteiger charge is -2.27. The highest BCUT2D eigenvalue weighted by Gasteiger charge is 2.34. The number of nitrogens with one attached hydrogen (secondary N) is 1. The Labute approximate surface area is 197 Å². The molecule has 7 nitrogen and oxygen atoms in total. The summed E-state index contributed by atoms with van der Waals surface area (Å²) in [7, 11) is 0. The molecule has 172 valence electrons. The summed E-state index contributed by atoms with van der Waals surface area (Å²) in [4.78, 5) is 39.4. The number of benzene rings is 2. The van der Waals surface area contributed by atoms with Crippen LogP contribution in [0.15, 0.2) is 59.5 Å². The number of carbonyl (C=O) groups excluding carboxylic acids is 2. The average molecular weight is 479 g/mol. The summed E-state index contributed by atoms with van der Waals surface area (Å²) in [6.07, 6.45) is 1.10. The van der Waals surface area contributed by atoms with Gasteiger partial charge in [-0.1, -0.05) is 42.5 Å². The van der Waals surface area contributed by atoms with Crippen molar-refractivity contribution in [1.29, 1.82) is 0 Å². The van der Waals surface area contributed by atoms with Crippen molar-refractivity contribution >= 4 is 47.7 Å². The molecule has 1 heterocycles. The summed E-state index contributed by atoms with van der Waals surface area (Å²) in [5, 5.41) is 12.5.